The molecule has 1 atom stereocenters. The topological polar surface area (TPSA) is 98.8 Å². The van der Waals surface area contributed by atoms with Crippen LogP contribution in [0.3, 0.4) is 0 Å². The van der Waals surface area contributed by atoms with Crippen LogP contribution < -0.4 is 15.5 Å². The van der Waals surface area contributed by atoms with Crippen molar-refractivity contribution in [1.29, 1.82) is 0 Å². The van der Waals surface area contributed by atoms with Crippen molar-refractivity contribution in [3.8, 4) is 0 Å². The van der Waals surface area contributed by atoms with Gasteiger partial charge in [0.05, 0.1) is 16.8 Å². The van der Waals surface area contributed by atoms with Crippen molar-refractivity contribution in [3.63, 3.8) is 0 Å². The number of anilines is 2. The summed E-state index contributed by atoms with van der Waals surface area (Å²) in [6, 6.07) is 9.04. The summed E-state index contributed by atoms with van der Waals surface area (Å²) in [5.74, 6) is -0.659. The van der Waals surface area contributed by atoms with E-state index in [1.807, 2.05) is 13.0 Å². The van der Waals surface area contributed by atoms with E-state index in [0.717, 1.165) is 12.8 Å². The van der Waals surface area contributed by atoms with Crippen LogP contribution in [0.2, 0.25) is 0 Å². The summed E-state index contributed by atoms with van der Waals surface area (Å²) in [5, 5.41) is 8.03. The minimum atomic E-state index is -0.791. The molecule has 1 saturated heterocycles. The molecule has 32 heavy (non-hydrogen) atoms. The number of nitrogens with one attached hydrogen (secondary N) is 2. The van der Waals surface area contributed by atoms with Gasteiger partial charge in [-0.2, -0.15) is 0 Å². The van der Waals surface area contributed by atoms with Crippen LogP contribution in [0.1, 0.15) is 59.7 Å². The van der Waals surface area contributed by atoms with E-state index in [0.29, 0.717) is 34.7 Å². The van der Waals surface area contributed by atoms with Gasteiger partial charge in [-0.25, -0.2) is 0 Å². The van der Waals surface area contributed by atoms with E-state index in [2.05, 4.69) is 10.6 Å². The van der Waals surface area contributed by atoms with Gasteiger partial charge in [-0.1, -0.05) is 12.1 Å². The number of nitrogens with zero attached hydrogens (tertiary/aromatic N) is 2. The molecule has 0 spiro atoms. The van der Waals surface area contributed by atoms with Crippen molar-refractivity contribution in [2.45, 2.75) is 50.7 Å². The first-order chi connectivity index (χ1) is 15.4. The van der Waals surface area contributed by atoms with Gasteiger partial charge in [0.15, 0.2) is 0 Å². The van der Waals surface area contributed by atoms with Crippen LogP contribution in [0, 0.1) is 0 Å². The zero-order valence-electron chi connectivity index (χ0n) is 17.7. The maximum absolute atomic E-state index is 13.3. The van der Waals surface area contributed by atoms with Crippen LogP contribution in [-0.4, -0.2) is 46.8 Å². The molecule has 2 aromatic rings. The van der Waals surface area contributed by atoms with Crippen LogP contribution >= 0.6 is 11.3 Å². The van der Waals surface area contributed by atoms with E-state index in [4.69, 9.17) is 0 Å². The Bertz CT molecular complexity index is 1120. The van der Waals surface area contributed by atoms with Gasteiger partial charge in [-0.05, 0) is 49.8 Å². The molecule has 3 heterocycles. The van der Waals surface area contributed by atoms with E-state index in [1.54, 1.807) is 39.4 Å². The Balaban J connectivity index is 1.30. The summed E-state index contributed by atoms with van der Waals surface area (Å²) < 4.78 is 0. The lowest BCUT2D eigenvalue weighted by atomic mass is 9.98. The first kappa shape index (κ1) is 20.7. The zero-order valence-corrected chi connectivity index (χ0v) is 18.5. The highest BCUT2D eigenvalue weighted by Gasteiger charge is 2.52. The van der Waals surface area contributed by atoms with E-state index in [9.17, 15) is 19.2 Å². The highest BCUT2D eigenvalue weighted by Crippen LogP contribution is 2.44. The van der Waals surface area contributed by atoms with Crippen LogP contribution in [0.4, 0.5) is 10.7 Å². The highest BCUT2D eigenvalue weighted by atomic mass is 32.1. The fraction of sp³-hybridized carbons (Fsp3) is 0.391. The molecule has 1 aliphatic carbocycles. The van der Waals surface area contributed by atoms with Crippen LogP contribution in [-0.2, 0) is 9.59 Å². The third kappa shape index (κ3) is 3.46. The second-order valence-electron chi connectivity index (χ2n) is 8.63. The maximum Gasteiger partial charge on any atom is 0.257 e. The van der Waals surface area contributed by atoms with Crippen LogP contribution in [0.15, 0.2) is 35.7 Å². The predicted octanol–water partition coefficient (Wildman–Crippen LogP) is 2.97. The SMILES string of the molecule is CC12CCC(=O)N1c1ccccc1C(=O)N2CCC(=O)Nc1sccc1C(=O)NC1CC1. The number of carbonyl (C=O) groups is 4. The largest absolute Gasteiger partial charge is 0.349 e. The van der Waals surface area contributed by atoms with Gasteiger partial charge in [0.2, 0.25) is 11.8 Å². The molecule has 0 bridgehead atoms. The van der Waals surface area contributed by atoms with Gasteiger partial charge in [-0.15, -0.1) is 11.3 Å². The number of hydrogen-bond donors (Lipinski definition) is 2. The van der Waals surface area contributed by atoms with Gasteiger partial charge in [-0.3, -0.25) is 24.1 Å². The van der Waals surface area contributed by atoms with Gasteiger partial charge in [0, 0.05) is 25.4 Å². The van der Waals surface area contributed by atoms with Crippen molar-refractivity contribution in [2.24, 2.45) is 0 Å². The van der Waals surface area contributed by atoms with Gasteiger partial charge in [0.25, 0.3) is 11.8 Å². The van der Waals surface area contributed by atoms with Crippen LogP contribution in [0.5, 0.6) is 0 Å². The fourth-order valence-corrected chi connectivity index (χ4v) is 5.32. The summed E-state index contributed by atoms with van der Waals surface area (Å²) in [7, 11) is 0. The Morgan fingerprint density at radius 2 is 1.97 bits per heavy atom. The smallest absolute Gasteiger partial charge is 0.257 e. The summed E-state index contributed by atoms with van der Waals surface area (Å²) in [4.78, 5) is 54.3. The number of thiophene rings is 1. The molecule has 2 fully saturated rings. The molecule has 1 aromatic heterocycles. The Labute approximate surface area is 189 Å². The Kier molecular flexibility index (Phi) is 5.00. The normalized spacial score (nSPS) is 21.9. The molecule has 166 valence electrons. The number of benzene rings is 1. The van der Waals surface area contributed by atoms with E-state index in [-0.39, 0.29) is 42.6 Å². The molecule has 5 rings (SSSR count). The molecule has 8 nitrogen and oxygen atoms in total. The molecular weight excluding hydrogens is 428 g/mol. The quantitative estimate of drug-likeness (QED) is 0.704. The summed E-state index contributed by atoms with van der Waals surface area (Å²) in [6.45, 7) is 2.05. The van der Waals surface area contributed by atoms with E-state index < -0.39 is 5.66 Å². The Morgan fingerprint density at radius 3 is 2.75 bits per heavy atom. The van der Waals surface area contributed by atoms with Gasteiger partial charge in [0.1, 0.15) is 10.7 Å². The average Bonchev–Trinajstić information content (AvgIpc) is 3.36. The standard InChI is InChI=1S/C23H24N4O4S/c1-23-11-8-19(29)27(23)17-5-3-2-4-15(17)22(31)26(23)12-9-18(28)25-21-16(10-13-32-21)20(30)24-14-6-7-14/h2-5,10,13-14H,6-9,11-12H2,1H3,(H,24,30)(H,25,28). The summed E-state index contributed by atoms with van der Waals surface area (Å²) >= 11 is 1.30. The lowest BCUT2D eigenvalue weighted by molar-refractivity contribution is -0.117. The number of hydrogen-bond acceptors (Lipinski definition) is 5. The number of rotatable bonds is 6. The molecule has 0 radical (unpaired) electrons. The van der Waals surface area contributed by atoms with Crippen molar-refractivity contribution >= 4 is 45.7 Å². The van der Waals surface area contributed by atoms with Crippen molar-refractivity contribution in [3.05, 3.63) is 46.8 Å². The lowest BCUT2D eigenvalue weighted by Crippen LogP contribution is -2.62. The van der Waals surface area contributed by atoms with Crippen LogP contribution in [0.25, 0.3) is 0 Å². The minimum Gasteiger partial charge on any atom is -0.349 e. The average molecular weight is 453 g/mol. The second-order valence-corrected chi connectivity index (χ2v) is 9.55. The van der Waals surface area contributed by atoms with E-state index in [1.165, 1.54) is 11.3 Å². The number of carbonyl (C=O) groups excluding carboxylic acids is 4. The molecule has 9 heteroatoms. The number of fused-ring (bicyclic) bond motifs is 3. The molecule has 1 saturated carbocycles. The molecule has 3 aliphatic rings. The molecule has 2 N–H and O–H groups in total. The molecular formula is C23H24N4O4S. The zero-order chi connectivity index (χ0) is 22.5. The Hall–Kier alpha value is -3.20. The minimum absolute atomic E-state index is 0.0215. The molecule has 2 aliphatic heterocycles. The summed E-state index contributed by atoms with van der Waals surface area (Å²) in [5.41, 5.74) is 0.768. The van der Waals surface area contributed by atoms with E-state index >= 15 is 0 Å². The first-order valence-corrected chi connectivity index (χ1v) is 11.7. The summed E-state index contributed by atoms with van der Waals surface area (Å²) in [6.07, 6.45) is 2.91. The fourth-order valence-electron chi connectivity index (χ4n) is 4.52. The highest BCUT2D eigenvalue weighted by molar-refractivity contribution is 7.14. The molecule has 1 aromatic carbocycles. The predicted molar refractivity (Wildman–Crippen MR) is 121 cm³/mol. The number of para-hydroxylation sites is 1. The maximum atomic E-state index is 13.3. The van der Waals surface area contributed by atoms with Gasteiger partial charge < -0.3 is 15.5 Å². The molecule has 4 amide bonds. The monoisotopic (exact) mass is 452 g/mol. The van der Waals surface area contributed by atoms with Crippen molar-refractivity contribution in [1.82, 2.24) is 10.2 Å². The van der Waals surface area contributed by atoms with Crippen molar-refractivity contribution in [2.75, 3.05) is 16.8 Å². The van der Waals surface area contributed by atoms with Crippen molar-refractivity contribution < 1.29 is 19.2 Å². The third-order valence-corrected chi connectivity index (χ3v) is 7.21. The second kappa shape index (κ2) is 7.74. The third-order valence-electron chi connectivity index (χ3n) is 6.38. The molecule has 1 unspecified atom stereocenters. The lowest BCUT2D eigenvalue weighted by Gasteiger charge is -2.48. The Morgan fingerprint density at radius 1 is 1.19 bits per heavy atom. The van der Waals surface area contributed by atoms with Gasteiger partial charge >= 0.3 is 0 Å². The first-order valence-electron chi connectivity index (χ1n) is 10.8. The number of amides is 4.